The van der Waals surface area contributed by atoms with E-state index in [1.54, 1.807) is 24.4 Å². The molecule has 9 nitrogen and oxygen atoms in total. The molecule has 0 atom stereocenters. The van der Waals surface area contributed by atoms with Crippen molar-refractivity contribution in [2.24, 2.45) is 5.41 Å². The van der Waals surface area contributed by atoms with Crippen molar-refractivity contribution in [3.05, 3.63) is 84.1 Å². The van der Waals surface area contributed by atoms with Gasteiger partial charge in [-0.25, -0.2) is 19.3 Å². The fraction of sp³-hybridized carbons (Fsp3) is 0.259. The number of imidazole rings is 1. The van der Waals surface area contributed by atoms with Gasteiger partial charge in [-0.15, -0.1) is 0 Å². The Kier molecular flexibility index (Phi) is 6.93. The second-order valence-electron chi connectivity index (χ2n) is 9.36. The number of aromatic nitrogens is 4. The zero-order chi connectivity index (χ0) is 25.8. The van der Waals surface area contributed by atoms with Crippen LogP contribution in [0.15, 0.2) is 66.9 Å². The monoisotopic (exact) mass is 502 g/mol. The lowest BCUT2D eigenvalue weighted by Crippen LogP contribution is -2.45. The molecule has 5 rings (SSSR count). The quantitative estimate of drug-likeness (QED) is 0.352. The normalized spacial score (nSPS) is 19.5. The third kappa shape index (κ3) is 5.82. The van der Waals surface area contributed by atoms with Gasteiger partial charge in [-0.1, -0.05) is 37.3 Å². The molecule has 4 aromatic rings. The topological polar surface area (TPSA) is 128 Å². The van der Waals surface area contributed by atoms with Crippen LogP contribution < -0.4 is 11.1 Å². The number of anilines is 1. The first-order valence-corrected chi connectivity index (χ1v) is 11.9. The van der Waals surface area contributed by atoms with Crippen LogP contribution in [0.1, 0.15) is 24.6 Å². The summed E-state index contributed by atoms with van der Waals surface area (Å²) in [4.78, 5) is 28.6. The first-order valence-electron chi connectivity index (χ1n) is 11.9. The van der Waals surface area contributed by atoms with Gasteiger partial charge in [0.2, 0.25) is 18.1 Å². The van der Waals surface area contributed by atoms with Crippen LogP contribution in [0.3, 0.4) is 0 Å². The Morgan fingerprint density at radius 2 is 1.84 bits per heavy atom. The lowest BCUT2D eigenvalue weighted by Gasteiger charge is -2.36. The summed E-state index contributed by atoms with van der Waals surface area (Å²) >= 11 is 0. The zero-order valence-corrected chi connectivity index (χ0v) is 20.3. The number of aromatic amines is 1. The Balaban J connectivity index is 1.29. The van der Waals surface area contributed by atoms with Crippen molar-refractivity contribution in [3.8, 4) is 22.6 Å². The second-order valence-corrected chi connectivity index (χ2v) is 9.36. The number of carbonyl (C=O) groups is 1. The Hall–Kier alpha value is -4.15. The minimum Gasteiger partial charge on any atom is -0.368 e. The molecule has 10 heteroatoms. The Morgan fingerprint density at radius 3 is 2.54 bits per heavy atom. The molecule has 3 heterocycles. The van der Waals surface area contributed by atoms with E-state index in [4.69, 9.17) is 20.2 Å². The van der Waals surface area contributed by atoms with Crippen LogP contribution in [0, 0.1) is 11.2 Å². The molecule has 2 aromatic carbocycles. The predicted octanol–water partition coefficient (Wildman–Crippen LogP) is 3.67. The number of carbonyl (C=O) groups excluding carboxylic acids is 1. The van der Waals surface area contributed by atoms with E-state index in [1.165, 1.54) is 12.1 Å². The number of hydrogen-bond acceptors (Lipinski definition) is 7. The van der Waals surface area contributed by atoms with Gasteiger partial charge in [-0.05, 0) is 35.9 Å². The summed E-state index contributed by atoms with van der Waals surface area (Å²) in [6.07, 6.45) is 1.12. The fourth-order valence-corrected chi connectivity index (χ4v) is 4.08. The van der Waals surface area contributed by atoms with Crippen molar-refractivity contribution in [2.45, 2.75) is 19.6 Å². The highest BCUT2D eigenvalue weighted by molar-refractivity contribution is 5.78. The van der Waals surface area contributed by atoms with Gasteiger partial charge in [-0.2, -0.15) is 0 Å². The number of nitrogen functional groups attached to an aromatic ring is 1. The largest absolute Gasteiger partial charge is 0.368 e. The maximum Gasteiger partial charge on any atom is 0.224 e. The number of nitrogens with two attached hydrogens (primary N) is 1. The van der Waals surface area contributed by atoms with Crippen molar-refractivity contribution in [1.82, 2.24) is 25.3 Å². The van der Waals surface area contributed by atoms with Gasteiger partial charge in [0.05, 0.1) is 36.7 Å². The maximum atomic E-state index is 13.5. The number of halogens is 1. The fourth-order valence-electron chi connectivity index (χ4n) is 4.08. The summed E-state index contributed by atoms with van der Waals surface area (Å²) < 4.78 is 25.6. The molecule has 1 aliphatic rings. The molecule has 1 saturated heterocycles. The number of hydrogen-bond donors (Lipinski definition) is 3. The molecule has 0 radical (unpaired) electrons. The molecule has 0 saturated carbocycles. The molecule has 0 bridgehead atoms. The SMILES string of the molecule is CC1(CNC(=O)Cc2ccccc2)COC(c2nc(-c3ccc(F)cc3)c(-c3ccnc(N)n3)[nH]2)OC1. The third-order valence-corrected chi connectivity index (χ3v) is 6.08. The third-order valence-electron chi connectivity index (χ3n) is 6.08. The first kappa shape index (κ1) is 24.5. The van der Waals surface area contributed by atoms with Gasteiger partial charge in [0.1, 0.15) is 5.82 Å². The van der Waals surface area contributed by atoms with Gasteiger partial charge in [-0.3, -0.25) is 4.79 Å². The van der Waals surface area contributed by atoms with E-state index in [9.17, 15) is 9.18 Å². The number of benzene rings is 2. The Labute approximate surface area is 213 Å². The number of nitrogens with one attached hydrogen (secondary N) is 2. The van der Waals surface area contributed by atoms with E-state index in [2.05, 4.69) is 20.3 Å². The van der Waals surface area contributed by atoms with Gasteiger partial charge < -0.3 is 25.5 Å². The molecular weight excluding hydrogens is 475 g/mol. The van der Waals surface area contributed by atoms with E-state index in [0.717, 1.165) is 5.56 Å². The molecule has 1 aliphatic heterocycles. The minimum atomic E-state index is -0.750. The van der Waals surface area contributed by atoms with Crippen LogP contribution in [0.2, 0.25) is 0 Å². The lowest BCUT2D eigenvalue weighted by atomic mass is 9.92. The summed E-state index contributed by atoms with van der Waals surface area (Å²) in [6.45, 7) is 3.11. The zero-order valence-electron chi connectivity index (χ0n) is 20.3. The highest BCUT2D eigenvalue weighted by Crippen LogP contribution is 2.35. The van der Waals surface area contributed by atoms with Crippen LogP contribution in [0.4, 0.5) is 10.3 Å². The van der Waals surface area contributed by atoms with Gasteiger partial charge >= 0.3 is 0 Å². The summed E-state index contributed by atoms with van der Waals surface area (Å²) in [5, 5.41) is 2.98. The van der Waals surface area contributed by atoms with E-state index >= 15 is 0 Å². The van der Waals surface area contributed by atoms with Crippen molar-refractivity contribution in [1.29, 1.82) is 0 Å². The van der Waals surface area contributed by atoms with Crippen LogP contribution in [0.5, 0.6) is 0 Å². The highest BCUT2D eigenvalue weighted by Gasteiger charge is 2.35. The van der Waals surface area contributed by atoms with E-state index in [1.807, 2.05) is 37.3 Å². The molecule has 0 aliphatic carbocycles. The second kappa shape index (κ2) is 10.5. The van der Waals surface area contributed by atoms with Gasteiger partial charge in [0.15, 0.2) is 5.82 Å². The van der Waals surface area contributed by atoms with Crippen LogP contribution in [0.25, 0.3) is 22.6 Å². The van der Waals surface area contributed by atoms with E-state index < -0.39 is 11.7 Å². The molecule has 1 amide bonds. The number of H-pyrrole nitrogens is 1. The number of ether oxygens (including phenoxy) is 2. The highest BCUT2D eigenvalue weighted by atomic mass is 19.1. The first-order chi connectivity index (χ1) is 17.9. The average molecular weight is 503 g/mol. The summed E-state index contributed by atoms with van der Waals surface area (Å²) in [7, 11) is 0. The minimum absolute atomic E-state index is 0.0571. The average Bonchev–Trinajstić information content (AvgIpc) is 3.35. The van der Waals surface area contributed by atoms with Crippen LogP contribution in [-0.4, -0.2) is 45.6 Å². The lowest BCUT2D eigenvalue weighted by molar-refractivity contribution is -0.232. The predicted molar refractivity (Wildman–Crippen MR) is 135 cm³/mol. The molecule has 37 heavy (non-hydrogen) atoms. The van der Waals surface area contributed by atoms with Crippen LogP contribution in [-0.2, 0) is 20.7 Å². The standard InChI is InChI=1S/C27H27FN6O3/c1-27(14-31-21(35)13-17-5-3-2-4-6-17)15-36-25(37-16-27)24-33-22(18-7-9-19(28)10-8-18)23(34-24)20-11-12-30-26(29)32-20/h2-12,25H,13-16H2,1H3,(H,31,35)(H,33,34)(H2,29,30,32). The number of nitrogens with zero attached hydrogens (tertiary/aromatic N) is 3. The summed E-state index contributed by atoms with van der Waals surface area (Å²) in [5.74, 6) is 0.162. The summed E-state index contributed by atoms with van der Waals surface area (Å²) in [5.41, 5.74) is 8.72. The number of rotatable bonds is 7. The summed E-state index contributed by atoms with van der Waals surface area (Å²) in [6, 6.07) is 17.3. The molecule has 0 spiro atoms. The number of amides is 1. The molecule has 190 valence electrons. The van der Waals surface area contributed by atoms with Crippen molar-refractivity contribution in [2.75, 3.05) is 25.5 Å². The Morgan fingerprint density at radius 1 is 1.11 bits per heavy atom. The van der Waals surface area contributed by atoms with Gasteiger partial charge in [0, 0.05) is 23.7 Å². The molecule has 2 aromatic heterocycles. The van der Waals surface area contributed by atoms with Crippen molar-refractivity contribution in [3.63, 3.8) is 0 Å². The van der Waals surface area contributed by atoms with Crippen LogP contribution >= 0.6 is 0 Å². The molecule has 0 unspecified atom stereocenters. The van der Waals surface area contributed by atoms with E-state index in [-0.39, 0.29) is 17.7 Å². The van der Waals surface area contributed by atoms with Gasteiger partial charge in [0.25, 0.3) is 0 Å². The smallest absolute Gasteiger partial charge is 0.224 e. The van der Waals surface area contributed by atoms with E-state index in [0.29, 0.717) is 54.6 Å². The Bertz CT molecular complexity index is 1370. The molecule has 1 fully saturated rings. The maximum absolute atomic E-state index is 13.5. The molecule has 4 N–H and O–H groups in total. The molecular formula is C27H27FN6O3. The van der Waals surface area contributed by atoms with Crippen molar-refractivity contribution < 1.29 is 18.7 Å². The van der Waals surface area contributed by atoms with Crippen molar-refractivity contribution >= 4 is 11.9 Å².